The van der Waals surface area contributed by atoms with Crippen molar-refractivity contribution in [2.75, 3.05) is 11.4 Å². The van der Waals surface area contributed by atoms with E-state index in [0.29, 0.717) is 0 Å². The van der Waals surface area contributed by atoms with E-state index in [1.54, 1.807) is 0 Å². The van der Waals surface area contributed by atoms with Gasteiger partial charge in [-0.3, -0.25) is 0 Å². The average Bonchev–Trinajstić information content (AvgIpc) is 3.28. The number of anilines is 1. The summed E-state index contributed by atoms with van der Waals surface area (Å²) in [6.07, 6.45) is 6.51. The van der Waals surface area contributed by atoms with Crippen LogP contribution in [-0.4, -0.2) is 18.6 Å². The van der Waals surface area contributed by atoms with E-state index < -0.39 is 0 Å². The van der Waals surface area contributed by atoms with Gasteiger partial charge in [0.05, 0.1) is 0 Å². The fraction of sp³-hybridized carbons (Fsp3) is 0.625. The third-order valence-corrected chi connectivity index (χ3v) is 4.33. The van der Waals surface area contributed by atoms with Crippen LogP contribution in [0.5, 0.6) is 0 Å². The molecule has 2 nitrogen and oxygen atoms in total. The normalized spacial score (nSPS) is 18.6. The lowest BCUT2D eigenvalue weighted by Crippen LogP contribution is -2.26. The minimum atomic E-state index is 0.735. The van der Waals surface area contributed by atoms with E-state index in [0.717, 1.165) is 30.2 Å². The fourth-order valence-corrected chi connectivity index (χ4v) is 2.79. The highest BCUT2D eigenvalue weighted by molar-refractivity contribution is 6.31. The number of nitrogens with zero attached hydrogens (tertiary/aromatic N) is 1. The Labute approximate surface area is 121 Å². The maximum atomic E-state index is 6.44. The van der Waals surface area contributed by atoms with Gasteiger partial charge in [-0.25, -0.2) is 0 Å². The van der Waals surface area contributed by atoms with E-state index in [1.165, 1.54) is 43.4 Å². The summed E-state index contributed by atoms with van der Waals surface area (Å²) in [6.45, 7) is 4.28. The van der Waals surface area contributed by atoms with Gasteiger partial charge in [0.25, 0.3) is 0 Å². The first-order chi connectivity index (χ1) is 9.28. The van der Waals surface area contributed by atoms with Crippen LogP contribution in [0.15, 0.2) is 18.2 Å². The van der Waals surface area contributed by atoms with Crippen LogP contribution in [0.1, 0.15) is 44.6 Å². The van der Waals surface area contributed by atoms with Crippen LogP contribution in [-0.2, 0) is 6.54 Å². The fourth-order valence-electron chi connectivity index (χ4n) is 2.55. The second kappa shape index (κ2) is 5.72. The van der Waals surface area contributed by atoms with Crippen molar-refractivity contribution < 1.29 is 0 Å². The highest BCUT2D eigenvalue weighted by Gasteiger charge is 2.28. The number of benzene rings is 1. The molecule has 0 bridgehead atoms. The second-order valence-corrected chi connectivity index (χ2v) is 6.26. The maximum Gasteiger partial charge on any atom is 0.0471 e. The van der Waals surface area contributed by atoms with Gasteiger partial charge < -0.3 is 10.2 Å². The lowest BCUT2D eigenvalue weighted by atomic mass is 10.1. The molecule has 0 heterocycles. The Hall–Kier alpha value is -0.730. The largest absolute Gasteiger partial charge is 0.369 e. The molecule has 3 rings (SSSR count). The Morgan fingerprint density at radius 3 is 2.63 bits per heavy atom. The zero-order valence-electron chi connectivity index (χ0n) is 11.7. The molecule has 0 unspecified atom stereocenters. The minimum absolute atomic E-state index is 0.735. The van der Waals surface area contributed by atoms with Gasteiger partial charge in [-0.15, -0.1) is 0 Å². The van der Waals surface area contributed by atoms with E-state index in [-0.39, 0.29) is 0 Å². The Kier molecular flexibility index (Phi) is 3.99. The van der Waals surface area contributed by atoms with Crippen molar-refractivity contribution in [2.24, 2.45) is 0 Å². The third kappa shape index (κ3) is 3.43. The molecule has 1 N–H and O–H groups in total. The van der Waals surface area contributed by atoms with Crippen LogP contribution in [0.25, 0.3) is 0 Å². The van der Waals surface area contributed by atoms with Crippen molar-refractivity contribution >= 4 is 17.3 Å². The molecular weight excluding hydrogens is 256 g/mol. The van der Waals surface area contributed by atoms with E-state index in [4.69, 9.17) is 11.6 Å². The molecule has 1 aromatic carbocycles. The molecule has 19 heavy (non-hydrogen) atoms. The molecule has 1 aromatic rings. The SMILES string of the molecule is CCCN(c1ccc(CNC2CC2)c(Cl)c1)C1CC1. The van der Waals surface area contributed by atoms with Gasteiger partial charge >= 0.3 is 0 Å². The van der Waals surface area contributed by atoms with Crippen molar-refractivity contribution in [2.45, 2.75) is 57.7 Å². The van der Waals surface area contributed by atoms with Crippen molar-refractivity contribution in [3.05, 3.63) is 28.8 Å². The van der Waals surface area contributed by atoms with Crippen LogP contribution in [0.3, 0.4) is 0 Å². The Bertz CT molecular complexity index is 438. The predicted molar refractivity (Wildman–Crippen MR) is 82.0 cm³/mol. The molecule has 0 saturated heterocycles. The highest BCUT2D eigenvalue weighted by Crippen LogP contribution is 2.34. The first kappa shape index (κ1) is 13.3. The van der Waals surface area contributed by atoms with Crippen LogP contribution in [0.2, 0.25) is 5.02 Å². The van der Waals surface area contributed by atoms with Crippen LogP contribution < -0.4 is 10.2 Å². The lowest BCUT2D eigenvalue weighted by Gasteiger charge is -2.24. The zero-order chi connectivity index (χ0) is 13.2. The monoisotopic (exact) mass is 278 g/mol. The summed E-state index contributed by atoms with van der Waals surface area (Å²) in [5.74, 6) is 0. The average molecular weight is 279 g/mol. The van der Waals surface area contributed by atoms with E-state index in [2.05, 4.69) is 35.3 Å². The lowest BCUT2D eigenvalue weighted by molar-refractivity contribution is 0.687. The standard InChI is InChI=1S/C16H23ClN2/c1-2-9-19(14-7-8-14)15-6-3-12(16(17)10-15)11-18-13-4-5-13/h3,6,10,13-14,18H,2,4-5,7-9,11H2,1H3. The van der Waals surface area contributed by atoms with Crippen LogP contribution in [0.4, 0.5) is 5.69 Å². The van der Waals surface area contributed by atoms with Gasteiger partial charge in [0, 0.05) is 35.9 Å². The number of halogens is 1. The Morgan fingerprint density at radius 1 is 1.26 bits per heavy atom. The van der Waals surface area contributed by atoms with Gasteiger partial charge in [0.15, 0.2) is 0 Å². The number of rotatable bonds is 7. The van der Waals surface area contributed by atoms with Gasteiger partial charge in [-0.2, -0.15) is 0 Å². The summed E-state index contributed by atoms with van der Waals surface area (Å²) in [6, 6.07) is 8.08. The van der Waals surface area contributed by atoms with Gasteiger partial charge in [-0.05, 0) is 49.8 Å². The number of nitrogens with one attached hydrogen (secondary N) is 1. The summed E-state index contributed by atoms with van der Waals surface area (Å²) >= 11 is 6.44. The predicted octanol–water partition coefficient (Wildman–Crippen LogP) is 3.97. The third-order valence-electron chi connectivity index (χ3n) is 3.98. The second-order valence-electron chi connectivity index (χ2n) is 5.86. The van der Waals surface area contributed by atoms with Crippen LogP contribution in [0, 0.1) is 0 Å². The van der Waals surface area contributed by atoms with E-state index in [1.807, 2.05) is 0 Å². The molecule has 0 aliphatic heterocycles. The van der Waals surface area contributed by atoms with Gasteiger partial charge in [0.1, 0.15) is 0 Å². The summed E-state index contributed by atoms with van der Waals surface area (Å²) in [7, 11) is 0. The molecule has 0 radical (unpaired) electrons. The molecule has 0 spiro atoms. The highest BCUT2D eigenvalue weighted by atomic mass is 35.5. The first-order valence-electron chi connectivity index (χ1n) is 7.56. The van der Waals surface area contributed by atoms with Crippen molar-refractivity contribution in [3.63, 3.8) is 0 Å². The smallest absolute Gasteiger partial charge is 0.0471 e. The van der Waals surface area contributed by atoms with Gasteiger partial charge in [-0.1, -0.05) is 24.6 Å². The summed E-state index contributed by atoms with van der Waals surface area (Å²) in [4.78, 5) is 2.52. The van der Waals surface area contributed by atoms with Crippen molar-refractivity contribution in [1.29, 1.82) is 0 Å². The molecular formula is C16H23ClN2. The van der Waals surface area contributed by atoms with E-state index >= 15 is 0 Å². The first-order valence-corrected chi connectivity index (χ1v) is 7.94. The Morgan fingerprint density at radius 2 is 2.05 bits per heavy atom. The zero-order valence-corrected chi connectivity index (χ0v) is 12.4. The van der Waals surface area contributed by atoms with Crippen molar-refractivity contribution in [1.82, 2.24) is 5.32 Å². The van der Waals surface area contributed by atoms with E-state index in [9.17, 15) is 0 Å². The molecule has 104 valence electrons. The number of hydrogen-bond acceptors (Lipinski definition) is 2. The summed E-state index contributed by atoms with van der Waals surface area (Å²) in [5, 5.41) is 4.43. The summed E-state index contributed by atoms with van der Waals surface area (Å²) in [5.41, 5.74) is 2.52. The minimum Gasteiger partial charge on any atom is -0.369 e. The molecule has 3 heteroatoms. The quantitative estimate of drug-likeness (QED) is 0.812. The maximum absolute atomic E-state index is 6.44. The molecule has 2 fully saturated rings. The molecule has 2 saturated carbocycles. The molecule has 2 aliphatic carbocycles. The molecule has 2 aliphatic rings. The van der Waals surface area contributed by atoms with Gasteiger partial charge in [0.2, 0.25) is 0 Å². The van der Waals surface area contributed by atoms with Crippen molar-refractivity contribution in [3.8, 4) is 0 Å². The summed E-state index contributed by atoms with van der Waals surface area (Å²) < 4.78 is 0. The molecule has 0 amide bonds. The topological polar surface area (TPSA) is 15.3 Å². The Balaban J connectivity index is 1.69. The number of hydrogen-bond donors (Lipinski definition) is 1. The van der Waals surface area contributed by atoms with Crippen LogP contribution >= 0.6 is 11.6 Å². The molecule has 0 aromatic heterocycles. The molecule has 0 atom stereocenters.